The Bertz CT molecular complexity index is 1460. The molecular formula is C31H24O8. The molecule has 4 aromatic carbocycles. The van der Waals surface area contributed by atoms with Gasteiger partial charge < -0.3 is 19.3 Å². The average Bonchev–Trinajstić information content (AvgIpc) is 2.98. The average molecular weight is 525 g/mol. The van der Waals surface area contributed by atoms with E-state index in [0.717, 1.165) is 12.1 Å². The SMILES string of the molecule is O=C(O)c1cc(C(=O)OCc2ccccc2)c(C(=O)OCc2ccccc2)cc1C(=O)OCc1ccccc1. The smallest absolute Gasteiger partial charge is 0.339 e. The lowest BCUT2D eigenvalue weighted by molar-refractivity contribution is 0.0421. The lowest BCUT2D eigenvalue weighted by atomic mass is 9.98. The molecule has 39 heavy (non-hydrogen) atoms. The number of aromatic carboxylic acids is 1. The Morgan fingerprint density at radius 3 is 1.05 bits per heavy atom. The number of carbonyl (C=O) groups excluding carboxylic acids is 3. The van der Waals surface area contributed by atoms with Gasteiger partial charge in [-0.2, -0.15) is 0 Å². The van der Waals surface area contributed by atoms with Crippen LogP contribution in [0.15, 0.2) is 103 Å². The van der Waals surface area contributed by atoms with E-state index in [0.29, 0.717) is 16.7 Å². The van der Waals surface area contributed by atoms with E-state index in [1.165, 1.54) is 0 Å². The Balaban J connectivity index is 1.65. The van der Waals surface area contributed by atoms with E-state index < -0.39 is 35.0 Å². The van der Waals surface area contributed by atoms with Crippen molar-refractivity contribution >= 4 is 23.9 Å². The molecule has 1 N–H and O–H groups in total. The fourth-order valence-electron chi connectivity index (χ4n) is 3.69. The predicted molar refractivity (Wildman–Crippen MR) is 140 cm³/mol. The molecule has 0 heterocycles. The summed E-state index contributed by atoms with van der Waals surface area (Å²) in [4.78, 5) is 51.2. The van der Waals surface area contributed by atoms with E-state index >= 15 is 0 Å². The van der Waals surface area contributed by atoms with E-state index in [-0.39, 0.29) is 30.9 Å². The molecule has 0 saturated carbocycles. The first kappa shape index (κ1) is 26.8. The minimum absolute atomic E-state index is 0.105. The Labute approximate surface area is 224 Å². The van der Waals surface area contributed by atoms with Crippen LogP contribution in [0, 0.1) is 0 Å². The van der Waals surface area contributed by atoms with Gasteiger partial charge in [0.1, 0.15) is 19.8 Å². The summed E-state index contributed by atoms with van der Waals surface area (Å²) in [5.41, 5.74) is 0.499. The molecule has 0 aliphatic rings. The molecule has 0 fully saturated rings. The molecule has 0 saturated heterocycles. The number of carboxylic acids is 1. The van der Waals surface area contributed by atoms with Crippen LogP contribution in [0.2, 0.25) is 0 Å². The summed E-state index contributed by atoms with van der Waals surface area (Å²) in [7, 11) is 0. The molecule has 0 amide bonds. The van der Waals surface area contributed by atoms with Crippen LogP contribution < -0.4 is 0 Å². The van der Waals surface area contributed by atoms with Gasteiger partial charge in [0.15, 0.2) is 0 Å². The first-order valence-electron chi connectivity index (χ1n) is 12.0. The third-order valence-electron chi connectivity index (χ3n) is 5.69. The minimum atomic E-state index is -1.48. The molecule has 0 radical (unpaired) electrons. The number of rotatable bonds is 10. The van der Waals surface area contributed by atoms with E-state index in [9.17, 15) is 24.3 Å². The maximum absolute atomic E-state index is 13.1. The highest BCUT2D eigenvalue weighted by Gasteiger charge is 2.28. The maximum Gasteiger partial charge on any atom is 0.339 e. The molecule has 0 unspecified atom stereocenters. The van der Waals surface area contributed by atoms with Crippen molar-refractivity contribution in [3.05, 3.63) is 142 Å². The van der Waals surface area contributed by atoms with Gasteiger partial charge in [-0.25, -0.2) is 19.2 Å². The van der Waals surface area contributed by atoms with Crippen LogP contribution in [-0.4, -0.2) is 29.0 Å². The summed E-state index contributed by atoms with van der Waals surface area (Å²) in [6, 6.07) is 28.5. The second-order valence-corrected chi connectivity index (χ2v) is 8.43. The Hall–Kier alpha value is -5.24. The van der Waals surface area contributed by atoms with Crippen LogP contribution >= 0.6 is 0 Å². The van der Waals surface area contributed by atoms with E-state index in [2.05, 4.69) is 0 Å². The normalized spacial score (nSPS) is 10.4. The Morgan fingerprint density at radius 1 is 0.462 bits per heavy atom. The van der Waals surface area contributed by atoms with Gasteiger partial charge in [-0.15, -0.1) is 0 Å². The number of carboxylic acid groups (broad SMARTS) is 1. The van der Waals surface area contributed by atoms with Crippen molar-refractivity contribution in [2.45, 2.75) is 19.8 Å². The quantitative estimate of drug-likeness (QED) is 0.215. The van der Waals surface area contributed by atoms with Crippen molar-refractivity contribution in [1.82, 2.24) is 0 Å². The van der Waals surface area contributed by atoms with Gasteiger partial charge in [0.2, 0.25) is 0 Å². The van der Waals surface area contributed by atoms with Crippen LogP contribution in [0.4, 0.5) is 0 Å². The molecule has 0 aliphatic carbocycles. The summed E-state index contributed by atoms with van der Waals surface area (Å²) in [5.74, 6) is -4.34. The van der Waals surface area contributed by atoms with Gasteiger partial charge in [0.25, 0.3) is 0 Å². The second kappa shape index (κ2) is 12.8. The van der Waals surface area contributed by atoms with E-state index in [1.54, 1.807) is 84.9 Å². The van der Waals surface area contributed by atoms with Crippen LogP contribution in [-0.2, 0) is 34.0 Å². The van der Waals surface area contributed by atoms with Gasteiger partial charge in [0, 0.05) is 0 Å². The molecule has 8 heteroatoms. The van der Waals surface area contributed by atoms with E-state index in [4.69, 9.17) is 14.2 Å². The zero-order chi connectivity index (χ0) is 27.6. The highest BCUT2D eigenvalue weighted by molar-refractivity contribution is 6.10. The maximum atomic E-state index is 13.1. The van der Waals surface area contributed by atoms with Crippen LogP contribution in [0.25, 0.3) is 0 Å². The van der Waals surface area contributed by atoms with Gasteiger partial charge in [0.05, 0.1) is 22.3 Å². The van der Waals surface area contributed by atoms with Gasteiger partial charge in [-0.05, 0) is 28.8 Å². The van der Waals surface area contributed by atoms with Crippen molar-refractivity contribution in [2.24, 2.45) is 0 Å². The molecule has 0 aromatic heterocycles. The highest BCUT2D eigenvalue weighted by Crippen LogP contribution is 2.22. The third-order valence-corrected chi connectivity index (χ3v) is 5.69. The number of hydrogen-bond donors (Lipinski definition) is 1. The first-order chi connectivity index (χ1) is 18.9. The first-order valence-corrected chi connectivity index (χ1v) is 12.0. The highest BCUT2D eigenvalue weighted by atomic mass is 16.5. The van der Waals surface area contributed by atoms with Crippen LogP contribution in [0.1, 0.15) is 58.1 Å². The predicted octanol–water partition coefficient (Wildman–Crippen LogP) is 5.46. The summed E-state index contributed by atoms with van der Waals surface area (Å²) < 4.78 is 16.0. The Kier molecular flexibility index (Phi) is 8.82. The molecule has 196 valence electrons. The molecule has 0 aliphatic heterocycles. The molecule has 8 nitrogen and oxygen atoms in total. The van der Waals surface area contributed by atoms with Gasteiger partial charge in [-0.1, -0.05) is 91.0 Å². The zero-order valence-corrected chi connectivity index (χ0v) is 20.7. The summed E-state index contributed by atoms with van der Waals surface area (Å²) >= 11 is 0. The van der Waals surface area contributed by atoms with Crippen molar-refractivity contribution in [3.8, 4) is 0 Å². The molecule has 0 bridgehead atoms. The van der Waals surface area contributed by atoms with Crippen LogP contribution in [0.5, 0.6) is 0 Å². The Morgan fingerprint density at radius 2 is 0.744 bits per heavy atom. The van der Waals surface area contributed by atoms with E-state index in [1.807, 2.05) is 6.07 Å². The third kappa shape index (κ3) is 7.17. The van der Waals surface area contributed by atoms with Crippen LogP contribution in [0.3, 0.4) is 0 Å². The monoisotopic (exact) mass is 524 g/mol. The standard InChI is InChI=1S/C31H24O8/c32-28(33)24-16-26(30(35)38-19-22-12-6-2-7-13-22)27(31(36)39-20-23-14-8-3-9-15-23)17-25(24)29(34)37-18-21-10-4-1-5-11-21/h1-17H,18-20H2,(H,32,33). The van der Waals surface area contributed by atoms with Gasteiger partial charge in [-0.3, -0.25) is 0 Å². The lowest BCUT2D eigenvalue weighted by Gasteiger charge is -2.14. The minimum Gasteiger partial charge on any atom is -0.478 e. The number of carbonyl (C=O) groups is 4. The molecule has 4 aromatic rings. The summed E-state index contributed by atoms with van der Waals surface area (Å²) in [6.45, 7) is -0.332. The van der Waals surface area contributed by atoms with Gasteiger partial charge >= 0.3 is 23.9 Å². The van der Waals surface area contributed by atoms with Crippen molar-refractivity contribution in [2.75, 3.05) is 0 Å². The lowest BCUT2D eigenvalue weighted by Crippen LogP contribution is -2.19. The molecular weight excluding hydrogens is 500 g/mol. The topological polar surface area (TPSA) is 116 Å². The molecule has 4 rings (SSSR count). The summed E-state index contributed by atoms with van der Waals surface area (Å²) in [5, 5.41) is 9.82. The van der Waals surface area contributed by atoms with Crippen molar-refractivity contribution < 1.29 is 38.5 Å². The van der Waals surface area contributed by atoms with Crippen molar-refractivity contribution in [1.29, 1.82) is 0 Å². The number of ether oxygens (including phenoxy) is 3. The molecule has 0 atom stereocenters. The number of hydrogen-bond acceptors (Lipinski definition) is 7. The number of esters is 3. The zero-order valence-electron chi connectivity index (χ0n) is 20.7. The fraction of sp³-hybridized carbons (Fsp3) is 0.0968. The fourth-order valence-corrected chi connectivity index (χ4v) is 3.69. The summed E-state index contributed by atoms with van der Waals surface area (Å²) in [6.07, 6.45) is 0. The second-order valence-electron chi connectivity index (χ2n) is 8.43. The van der Waals surface area contributed by atoms with Crippen molar-refractivity contribution in [3.63, 3.8) is 0 Å². The molecule has 0 spiro atoms. The largest absolute Gasteiger partial charge is 0.478 e. The number of benzene rings is 4.